The maximum absolute atomic E-state index is 10.3. The van der Waals surface area contributed by atoms with E-state index in [1.54, 1.807) is 0 Å². The molecule has 0 radical (unpaired) electrons. The Morgan fingerprint density at radius 1 is 0.868 bits per heavy atom. The molecular weight excluding hydrogens is 492 g/mol. The minimum atomic E-state index is -2.66. The predicted octanol–water partition coefficient (Wildman–Crippen LogP) is 4.44. The Kier molecular flexibility index (Phi) is 9.93. The van der Waals surface area contributed by atoms with Gasteiger partial charge >= 0.3 is 0 Å². The lowest BCUT2D eigenvalue weighted by Gasteiger charge is -2.44. The molecule has 0 bridgehead atoms. The van der Waals surface area contributed by atoms with Crippen LogP contribution in [0.3, 0.4) is 0 Å². The Balaban J connectivity index is 1.55. The Hall–Kier alpha value is -2.32. The molecule has 0 unspecified atom stereocenters. The van der Waals surface area contributed by atoms with Crippen LogP contribution in [0.2, 0.25) is 5.04 Å². The van der Waals surface area contributed by atoms with Gasteiger partial charge in [-0.2, -0.15) is 0 Å². The van der Waals surface area contributed by atoms with Crippen LogP contribution in [0.15, 0.2) is 91.0 Å². The molecule has 4 rings (SSSR count). The van der Waals surface area contributed by atoms with Crippen LogP contribution in [0.25, 0.3) is 0 Å². The molecule has 2 N–H and O–H groups in total. The van der Waals surface area contributed by atoms with Crippen molar-refractivity contribution in [3.05, 3.63) is 96.6 Å². The summed E-state index contributed by atoms with van der Waals surface area (Å²) < 4.78 is 19.8. The zero-order valence-corrected chi connectivity index (χ0v) is 23.8. The predicted molar refractivity (Wildman–Crippen MR) is 154 cm³/mol. The third-order valence-electron chi connectivity index (χ3n) is 7.56. The second kappa shape index (κ2) is 13.2. The number of benzene rings is 3. The van der Waals surface area contributed by atoms with Crippen molar-refractivity contribution in [1.29, 1.82) is 0 Å². The minimum absolute atomic E-state index is 0.109. The van der Waals surface area contributed by atoms with Crippen molar-refractivity contribution in [2.75, 3.05) is 13.2 Å². The number of ether oxygens (including phenoxy) is 2. The second-order valence-corrected chi connectivity index (χ2v) is 15.5. The van der Waals surface area contributed by atoms with Crippen LogP contribution in [0.5, 0.6) is 0 Å². The molecule has 3 aromatic carbocycles. The van der Waals surface area contributed by atoms with E-state index in [1.165, 1.54) is 10.4 Å². The fourth-order valence-corrected chi connectivity index (χ4v) is 10.2. The fraction of sp³-hybridized carbons (Fsp3) is 0.438. The van der Waals surface area contributed by atoms with E-state index in [9.17, 15) is 10.2 Å². The van der Waals surface area contributed by atoms with Crippen LogP contribution in [0, 0.1) is 0 Å². The highest BCUT2D eigenvalue weighted by Crippen LogP contribution is 2.37. The van der Waals surface area contributed by atoms with E-state index >= 15 is 0 Å². The van der Waals surface area contributed by atoms with Gasteiger partial charge in [-0.05, 0) is 40.2 Å². The summed E-state index contributed by atoms with van der Waals surface area (Å²) in [6, 6.07) is 31.4. The molecule has 1 aliphatic rings. The van der Waals surface area contributed by atoms with Crippen LogP contribution in [0.1, 0.15) is 45.6 Å². The van der Waals surface area contributed by atoms with Gasteiger partial charge < -0.3 is 24.1 Å². The number of aliphatic hydroxyl groups is 2. The molecule has 0 aliphatic carbocycles. The molecule has 5 nitrogen and oxygen atoms in total. The normalized spacial score (nSPS) is 21.2. The van der Waals surface area contributed by atoms with Crippen LogP contribution in [-0.4, -0.2) is 56.2 Å². The summed E-state index contributed by atoms with van der Waals surface area (Å²) in [5.74, 6) is 0. The van der Waals surface area contributed by atoms with E-state index in [4.69, 9.17) is 13.9 Å². The zero-order valence-electron chi connectivity index (χ0n) is 22.8. The first-order valence-electron chi connectivity index (χ1n) is 13.7. The lowest BCUT2D eigenvalue weighted by Crippen LogP contribution is -2.66. The van der Waals surface area contributed by atoms with Crippen molar-refractivity contribution in [2.24, 2.45) is 0 Å². The highest BCUT2D eigenvalue weighted by atomic mass is 28.4. The lowest BCUT2D eigenvalue weighted by molar-refractivity contribution is -0.178. The van der Waals surface area contributed by atoms with Crippen LogP contribution >= 0.6 is 0 Å². The lowest BCUT2D eigenvalue weighted by atomic mass is 9.96. The standard InChI is InChI=1S/C32H42O5Si/c1-32(2,3)38(26-15-9-5-10-16-26,27-17-11-6-12-18-27)36-22-21-31-30(20-19-29(37-31)28(34)23-33)35-24-25-13-7-4-8-14-25/h4-18,28-31,33-34H,19-24H2,1-3H3/t28-,29+,30-,31+/m0/s1. The maximum Gasteiger partial charge on any atom is 0.261 e. The highest BCUT2D eigenvalue weighted by Gasteiger charge is 2.50. The number of aliphatic hydroxyl groups excluding tert-OH is 2. The van der Waals surface area contributed by atoms with Gasteiger partial charge in [0.25, 0.3) is 8.32 Å². The van der Waals surface area contributed by atoms with E-state index in [0.717, 1.165) is 12.0 Å². The molecule has 1 heterocycles. The van der Waals surface area contributed by atoms with Gasteiger partial charge in [0.2, 0.25) is 0 Å². The maximum atomic E-state index is 10.3. The summed E-state index contributed by atoms with van der Waals surface area (Å²) in [6.45, 7) is 7.52. The first-order chi connectivity index (χ1) is 18.3. The van der Waals surface area contributed by atoms with E-state index in [2.05, 4.69) is 81.4 Å². The van der Waals surface area contributed by atoms with Gasteiger partial charge in [0.1, 0.15) is 6.10 Å². The van der Waals surface area contributed by atoms with Gasteiger partial charge in [-0.3, -0.25) is 0 Å². The molecule has 0 spiro atoms. The summed E-state index contributed by atoms with van der Waals surface area (Å²) in [5.41, 5.74) is 1.12. The van der Waals surface area contributed by atoms with Gasteiger partial charge in [0, 0.05) is 6.61 Å². The Morgan fingerprint density at radius 3 is 1.95 bits per heavy atom. The molecule has 0 aromatic heterocycles. The van der Waals surface area contributed by atoms with Crippen molar-refractivity contribution in [1.82, 2.24) is 0 Å². The third kappa shape index (κ3) is 6.62. The van der Waals surface area contributed by atoms with Gasteiger partial charge in [-0.15, -0.1) is 0 Å². The number of rotatable bonds is 11. The SMILES string of the molecule is CC(C)(C)[Si](OCC[C@H]1O[C@@H]([C@@H](O)CO)CC[C@@H]1OCc1ccccc1)(c1ccccc1)c1ccccc1. The van der Waals surface area contributed by atoms with Crippen LogP contribution in [-0.2, 0) is 20.5 Å². The average Bonchev–Trinajstić information content (AvgIpc) is 2.95. The highest BCUT2D eigenvalue weighted by molar-refractivity contribution is 6.99. The number of hydrogen-bond donors (Lipinski definition) is 2. The molecular formula is C32H42O5Si. The van der Waals surface area contributed by atoms with E-state index in [-0.39, 0.29) is 23.9 Å². The van der Waals surface area contributed by atoms with Crippen molar-refractivity contribution in [3.63, 3.8) is 0 Å². The fourth-order valence-electron chi connectivity index (χ4n) is 5.61. The smallest absolute Gasteiger partial charge is 0.261 e. The Labute approximate surface area is 228 Å². The first kappa shape index (κ1) is 28.7. The van der Waals surface area contributed by atoms with Gasteiger partial charge in [0.05, 0.1) is 31.5 Å². The summed E-state index contributed by atoms with van der Waals surface area (Å²) in [6.07, 6.45) is 0.390. The molecule has 38 heavy (non-hydrogen) atoms. The van der Waals surface area contributed by atoms with Crippen molar-refractivity contribution < 1.29 is 24.1 Å². The van der Waals surface area contributed by atoms with E-state index in [0.29, 0.717) is 26.1 Å². The molecule has 3 aromatic rings. The first-order valence-corrected chi connectivity index (χ1v) is 15.6. The minimum Gasteiger partial charge on any atom is -0.407 e. The molecule has 6 heteroatoms. The molecule has 0 saturated carbocycles. The van der Waals surface area contributed by atoms with Crippen LogP contribution < -0.4 is 10.4 Å². The topological polar surface area (TPSA) is 68.2 Å². The third-order valence-corrected chi connectivity index (χ3v) is 12.6. The molecule has 0 amide bonds. The summed E-state index contributed by atoms with van der Waals surface area (Å²) in [7, 11) is -2.66. The van der Waals surface area contributed by atoms with E-state index < -0.39 is 20.5 Å². The largest absolute Gasteiger partial charge is 0.407 e. The van der Waals surface area contributed by atoms with Crippen molar-refractivity contribution >= 4 is 18.7 Å². The van der Waals surface area contributed by atoms with Gasteiger partial charge in [0.15, 0.2) is 0 Å². The Morgan fingerprint density at radius 2 is 1.42 bits per heavy atom. The van der Waals surface area contributed by atoms with E-state index in [1.807, 2.05) is 30.3 Å². The number of hydrogen-bond acceptors (Lipinski definition) is 5. The molecule has 4 atom stereocenters. The quantitative estimate of drug-likeness (QED) is 0.356. The average molecular weight is 535 g/mol. The van der Waals surface area contributed by atoms with Crippen molar-refractivity contribution in [2.45, 2.75) is 76.1 Å². The van der Waals surface area contributed by atoms with Gasteiger partial charge in [-0.25, -0.2) is 0 Å². The molecule has 1 aliphatic heterocycles. The second-order valence-electron chi connectivity index (χ2n) is 11.2. The monoisotopic (exact) mass is 534 g/mol. The zero-order chi connectivity index (χ0) is 27.0. The molecule has 1 fully saturated rings. The summed E-state index contributed by atoms with van der Waals surface area (Å²) in [4.78, 5) is 0. The molecule has 1 saturated heterocycles. The van der Waals surface area contributed by atoms with Crippen molar-refractivity contribution in [3.8, 4) is 0 Å². The van der Waals surface area contributed by atoms with Gasteiger partial charge in [-0.1, -0.05) is 112 Å². The Bertz CT molecular complexity index is 1050. The molecule has 204 valence electrons. The summed E-state index contributed by atoms with van der Waals surface area (Å²) >= 11 is 0. The van der Waals surface area contributed by atoms with Crippen LogP contribution in [0.4, 0.5) is 0 Å². The summed E-state index contributed by atoms with van der Waals surface area (Å²) in [5, 5.41) is 22.2.